The van der Waals surface area contributed by atoms with Crippen LogP contribution in [-0.2, 0) is 6.42 Å². The van der Waals surface area contributed by atoms with Crippen LogP contribution in [0.3, 0.4) is 0 Å². The van der Waals surface area contributed by atoms with Crippen LogP contribution in [-0.4, -0.2) is 4.83 Å². The van der Waals surface area contributed by atoms with Crippen LogP contribution >= 0.6 is 27.5 Å². The molecule has 0 saturated carbocycles. The van der Waals surface area contributed by atoms with Gasteiger partial charge in [-0.25, -0.2) is 4.39 Å². The molecule has 16 heavy (non-hydrogen) atoms. The number of rotatable bonds is 3. The van der Waals surface area contributed by atoms with Crippen LogP contribution in [0.15, 0.2) is 18.2 Å². The van der Waals surface area contributed by atoms with Crippen LogP contribution < -0.4 is 0 Å². The molecule has 0 heterocycles. The Morgan fingerprint density at radius 1 is 1.38 bits per heavy atom. The fraction of sp³-hybridized carbons (Fsp3) is 0.538. The Morgan fingerprint density at radius 3 is 2.50 bits per heavy atom. The summed E-state index contributed by atoms with van der Waals surface area (Å²) in [6.07, 6.45) is 1.65. The summed E-state index contributed by atoms with van der Waals surface area (Å²) in [6.45, 7) is 6.51. The molecule has 0 spiro atoms. The van der Waals surface area contributed by atoms with Crippen molar-refractivity contribution < 1.29 is 4.39 Å². The molecule has 0 N–H and O–H groups in total. The first-order valence-electron chi connectivity index (χ1n) is 5.38. The highest BCUT2D eigenvalue weighted by Crippen LogP contribution is 2.30. The van der Waals surface area contributed by atoms with Gasteiger partial charge in [-0.15, -0.1) is 0 Å². The van der Waals surface area contributed by atoms with Crippen molar-refractivity contribution in [2.24, 2.45) is 5.41 Å². The van der Waals surface area contributed by atoms with Crippen molar-refractivity contribution in [1.29, 1.82) is 0 Å². The summed E-state index contributed by atoms with van der Waals surface area (Å²) in [5, 5.41) is 0.451. The zero-order valence-corrected chi connectivity index (χ0v) is 12.2. The smallest absolute Gasteiger partial charge is 0.127 e. The van der Waals surface area contributed by atoms with Gasteiger partial charge in [0, 0.05) is 9.85 Å². The van der Waals surface area contributed by atoms with E-state index in [9.17, 15) is 4.39 Å². The van der Waals surface area contributed by atoms with E-state index in [1.165, 1.54) is 6.07 Å². The predicted octanol–water partition coefficient (Wildman–Crippen LogP) is 5.22. The molecule has 1 aromatic carbocycles. The van der Waals surface area contributed by atoms with Crippen LogP contribution in [0.1, 0.15) is 32.8 Å². The fourth-order valence-electron chi connectivity index (χ4n) is 1.44. The highest BCUT2D eigenvalue weighted by molar-refractivity contribution is 9.09. The average molecular weight is 308 g/mol. The molecule has 0 bridgehead atoms. The minimum absolute atomic E-state index is 0.197. The molecule has 0 aromatic heterocycles. The average Bonchev–Trinajstić information content (AvgIpc) is 2.14. The maximum Gasteiger partial charge on any atom is 0.127 e. The Labute approximate surface area is 110 Å². The van der Waals surface area contributed by atoms with Gasteiger partial charge in [0.25, 0.3) is 0 Å². The molecular formula is C13H17BrClF. The second-order valence-electron chi connectivity index (χ2n) is 5.11. The van der Waals surface area contributed by atoms with Crippen LogP contribution in [0.5, 0.6) is 0 Å². The second-order valence-corrected chi connectivity index (χ2v) is 6.65. The summed E-state index contributed by atoms with van der Waals surface area (Å²) >= 11 is 9.35. The third-order valence-corrected chi connectivity index (χ3v) is 4.69. The largest absolute Gasteiger partial charge is 0.207 e. The minimum atomic E-state index is -0.207. The molecule has 1 rings (SSSR count). The predicted molar refractivity (Wildman–Crippen MR) is 71.9 cm³/mol. The maximum absolute atomic E-state index is 13.5. The van der Waals surface area contributed by atoms with Gasteiger partial charge in [0.2, 0.25) is 0 Å². The first-order valence-corrected chi connectivity index (χ1v) is 6.68. The van der Waals surface area contributed by atoms with E-state index in [0.717, 1.165) is 18.4 Å². The second kappa shape index (κ2) is 5.50. The van der Waals surface area contributed by atoms with E-state index in [4.69, 9.17) is 11.6 Å². The number of hydrogen-bond acceptors (Lipinski definition) is 0. The fourth-order valence-corrected chi connectivity index (χ4v) is 1.83. The Bertz CT molecular complexity index is 357. The van der Waals surface area contributed by atoms with Crippen LogP contribution in [0.25, 0.3) is 0 Å². The molecule has 0 aliphatic rings. The van der Waals surface area contributed by atoms with Crippen LogP contribution in [0, 0.1) is 11.2 Å². The Hall–Kier alpha value is -0.0800. The molecule has 0 fully saturated rings. The first-order chi connectivity index (χ1) is 7.30. The molecule has 1 aromatic rings. The van der Waals surface area contributed by atoms with Crippen LogP contribution in [0.4, 0.5) is 4.39 Å². The van der Waals surface area contributed by atoms with E-state index >= 15 is 0 Å². The van der Waals surface area contributed by atoms with Crippen molar-refractivity contribution in [3.8, 4) is 0 Å². The number of aryl methyl sites for hydroxylation is 1. The maximum atomic E-state index is 13.5. The topological polar surface area (TPSA) is 0 Å². The normalized spacial score (nSPS) is 13.9. The quantitative estimate of drug-likeness (QED) is 0.671. The molecule has 0 nitrogen and oxygen atoms in total. The lowest BCUT2D eigenvalue weighted by Gasteiger charge is -2.25. The van der Waals surface area contributed by atoms with Crippen molar-refractivity contribution in [2.75, 3.05) is 0 Å². The molecule has 0 saturated heterocycles. The Kier molecular flexibility index (Phi) is 4.81. The summed E-state index contributed by atoms with van der Waals surface area (Å²) in [5.41, 5.74) is 0.932. The lowest BCUT2D eigenvalue weighted by molar-refractivity contribution is 0.384. The van der Waals surface area contributed by atoms with Gasteiger partial charge in [0.15, 0.2) is 0 Å². The lowest BCUT2D eigenvalue weighted by atomic mass is 9.89. The van der Waals surface area contributed by atoms with Gasteiger partial charge in [0.05, 0.1) is 0 Å². The van der Waals surface area contributed by atoms with Gasteiger partial charge in [-0.1, -0.05) is 54.4 Å². The number of alkyl halides is 1. The lowest BCUT2D eigenvalue weighted by Crippen LogP contribution is -2.20. The van der Waals surface area contributed by atoms with E-state index in [2.05, 4.69) is 36.7 Å². The minimum Gasteiger partial charge on any atom is -0.207 e. The third kappa shape index (κ3) is 4.06. The third-order valence-electron chi connectivity index (χ3n) is 2.62. The van der Waals surface area contributed by atoms with E-state index in [-0.39, 0.29) is 11.2 Å². The first kappa shape index (κ1) is 14.0. The van der Waals surface area contributed by atoms with E-state index < -0.39 is 0 Å². The van der Waals surface area contributed by atoms with Gasteiger partial charge in [-0.2, -0.15) is 0 Å². The highest BCUT2D eigenvalue weighted by atomic mass is 79.9. The van der Waals surface area contributed by atoms with Crippen molar-refractivity contribution >= 4 is 27.5 Å². The summed E-state index contributed by atoms with van der Waals surface area (Å²) in [6, 6.07) is 4.87. The van der Waals surface area contributed by atoms with Crippen molar-refractivity contribution in [3.63, 3.8) is 0 Å². The molecule has 1 atom stereocenters. The molecule has 0 aliphatic carbocycles. The SMILES string of the molecule is CC(C)(C)C(Br)CCc1ccc(Cl)cc1F. The number of hydrogen-bond donors (Lipinski definition) is 0. The number of benzene rings is 1. The summed E-state index contributed by atoms with van der Waals surface area (Å²) in [7, 11) is 0. The summed E-state index contributed by atoms with van der Waals surface area (Å²) in [5.74, 6) is -0.207. The van der Waals surface area contributed by atoms with E-state index in [1.54, 1.807) is 12.1 Å². The van der Waals surface area contributed by atoms with E-state index in [1.807, 2.05) is 0 Å². The monoisotopic (exact) mass is 306 g/mol. The van der Waals surface area contributed by atoms with Gasteiger partial charge >= 0.3 is 0 Å². The highest BCUT2D eigenvalue weighted by Gasteiger charge is 2.21. The van der Waals surface area contributed by atoms with Gasteiger partial charge < -0.3 is 0 Å². The van der Waals surface area contributed by atoms with E-state index in [0.29, 0.717) is 9.85 Å². The molecule has 1 unspecified atom stereocenters. The zero-order valence-electron chi connectivity index (χ0n) is 9.86. The van der Waals surface area contributed by atoms with Gasteiger partial charge in [0.1, 0.15) is 5.82 Å². The molecule has 0 amide bonds. The zero-order chi connectivity index (χ0) is 12.3. The molecule has 0 aliphatic heterocycles. The molecule has 3 heteroatoms. The van der Waals surface area contributed by atoms with Crippen molar-refractivity contribution in [1.82, 2.24) is 0 Å². The Balaban J connectivity index is 2.62. The van der Waals surface area contributed by atoms with Crippen molar-refractivity contribution in [2.45, 2.75) is 38.4 Å². The standard InChI is InChI=1S/C13H17BrClF/c1-13(2,3)12(14)7-5-9-4-6-10(15)8-11(9)16/h4,6,8,12H,5,7H2,1-3H3. The summed E-state index contributed by atoms with van der Waals surface area (Å²) in [4.78, 5) is 0.384. The van der Waals surface area contributed by atoms with Crippen molar-refractivity contribution in [3.05, 3.63) is 34.6 Å². The van der Waals surface area contributed by atoms with Gasteiger partial charge in [-0.05, 0) is 36.0 Å². The van der Waals surface area contributed by atoms with Gasteiger partial charge in [-0.3, -0.25) is 0 Å². The van der Waals surface area contributed by atoms with Crippen LogP contribution in [0.2, 0.25) is 5.02 Å². The number of halogens is 3. The molecular weight excluding hydrogens is 290 g/mol. The molecule has 90 valence electrons. The molecule has 0 radical (unpaired) electrons. The summed E-state index contributed by atoms with van der Waals surface area (Å²) < 4.78 is 13.5. The Morgan fingerprint density at radius 2 is 2.00 bits per heavy atom.